The van der Waals surface area contributed by atoms with Crippen molar-refractivity contribution in [1.82, 2.24) is 0 Å². The number of carboxylic acid groups (broad SMARTS) is 1. The van der Waals surface area contributed by atoms with Crippen LogP contribution in [0.5, 0.6) is 0 Å². The Morgan fingerprint density at radius 1 is 1.37 bits per heavy atom. The molecule has 0 aromatic rings. The second-order valence-electron chi connectivity index (χ2n) is 6.17. The Labute approximate surface area is 114 Å². The molecule has 0 spiro atoms. The second-order valence-corrected chi connectivity index (χ2v) is 6.17. The van der Waals surface area contributed by atoms with E-state index >= 15 is 0 Å². The van der Waals surface area contributed by atoms with E-state index in [2.05, 4.69) is 13.8 Å². The minimum atomic E-state index is -1.11. The lowest BCUT2D eigenvalue weighted by molar-refractivity contribution is -0.131. The molecule has 0 heterocycles. The fourth-order valence-electron chi connectivity index (χ4n) is 3.00. The van der Waals surface area contributed by atoms with Gasteiger partial charge in [-0.1, -0.05) is 26.0 Å². The average Bonchev–Trinajstić information content (AvgIpc) is 2.26. The first kappa shape index (κ1) is 15.9. The number of aliphatic hydroxyl groups excluding tert-OH is 1. The van der Waals surface area contributed by atoms with Crippen LogP contribution in [0.3, 0.4) is 0 Å². The summed E-state index contributed by atoms with van der Waals surface area (Å²) in [6.07, 6.45) is 7.12. The number of carbonyl (C=O) groups is 1. The van der Waals surface area contributed by atoms with E-state index in [1.54, 1.807) is 13.0 Å². The lowest BCUT2D eigenvalue weighted by Gasteiger charge is -2.47. The fourth-order valence-corrected chi connectivity index (χ4v) is 3.00. The molecule has 108 valence electrons. The van der Waals surface area contributed by atoms with Crippen molar-refractivity contribution in [1.29, 1.82) is 0 Å². The van der Waals surface area contributed by atoms with Crippen molar-refractivity contribution in [3.8, 4) is 0 Å². The molecule has 0 unspecified atom stereocenters. The predicted molar refractivity (Wildman–Crippen MR) is 73.7 cm³/mol. The van der Waals surface area contributed by atoms with E-state index < -0.39 is 11.6 Å². The lowest BCUT2D eigenvalue weighted by atomic mass is 9.61. The van der Waals surface area contributed by atoms with Crippen LogP contribution in [-0.2, 0) is 4.79 Å². The van der Waals surface area contributed by atoms with Crippen LogP contribution in [0, 0.1) is 11.3 Å². The molecule has 1 aliphatic carbocycles. The summed E-state index contributed by atoms with van der Waals surface area (Å²) in [5.74, 6) is -1.17. The van der Waals surface area contributed by atoms with Gasteiger partial charge in [-0.05, 0) is 37.2 Å². The topological polar surface area (TPSA) is 77.8 Å². The van der Waals surface area contributed by atoms with Gasteiger partial charge >= 0.3 is 5.97 Å². The SMILES string of the molecule is CC(C=C[C@@H]1C(C)(C)CCC[C@@]1(O)CO)=CC(=O)O. The maximum atomic E-state index is 10.6. The van der Waals surface area contributed by atoms with E-state index in [0.29, 0.717) is 12.0 Å². The number of aliphatic carboxylic acids is 1. The van der Waals surface area contributed by atoms with Crippen LogP contribution >= 0.6 is 0 Å². The molecule has 0 aliphatic heterocycles. The molecular formula is C15H24O4. The molecule has 0 saturated heterocycles. The standard InChI is InChI=1S/C15H24O4/c1-11(9-13(17)18)5-6-12-14(2,3)7-4-8-15(12,19)10-16/h5-6,9,12,16,19H,4,7-8,10H2,1-3H3,(H,17,18)/t12-,15-/m1/s1. The number of aliphatic hydroxyl groups is 2. The van der Waals surface area contributed by atoms with Crippen molar-refractivity contribution >= 4 is 5.97 Å². The zero-order valence-electron chi connectivity index (χ0n) is 11.9. The second kappa shape index (κ2) is 5.88. The Kier molecular flexibility index (Phi) is 4.93. The number of hydrogen-bond donors (Lipinski definition) is 3. The normalized spacial score (nSPS) is 31.6. The third-order valence-electron chi connectivity index (χ3n) is 4.03. The van der Waals surface area contributed by atoms with E-state index in [1.165, 1.54) is 0 Å². The highest BCUT2D eigenvalue weighted by molar-refractivity contribution is 5.81. The summed E-state index contributed by atoms with van der Waals surface area (Å²) in [7, 11) is 0. The van der Waals surface area contributed by atoms with Crippen molar-refractivity contribution < 1.29 is 20.1 Å². The number of carboxylic acids is 1. The van der Waals surface area contributed by atoms with Gasteiger partial charge in [0.1, 0.15) is 0 Å². The van der Waals surface area contributed by atoms with E-state index in [0.717, 1.165) is 18.9 Å². The van der Waals surface area contributed by atoms with Crippen molar-refractivity contribution in [2.24, 2.45) is 11.3 Å². The smallest absolute Gasteiger partial charge is 0.328 e. The molecule has 0 aromatic heterocycles. The highest BCUT2D eigenvalue weighted by Crippen LogP contribution is 2.46. The monoisotopic (exact) mass is 268 g/mol. The Hall–Kier alpha value is -1.13. The van der Waals surface area contributed by atoms with Gasteiger partial charge < -0.3 is 15.3 Å². The largest absolute Gasteiger partial charge is 0.478 e. The molecule has 19 heavy (non-hydrogen) atoms. The van der Waals surface area contributed by atoms with E-state index in [1.807, 2.05) is 6.08 Å². The third-order valence-corrected chi connectivity index (χ3v) is 4.03. The maximum absolute atomic E-state index is 10.6. The molecule has 4 heteroatoms. The zero-order chi connectivity index (χ0) is 14.7. The highest BCUT2D eigenvalue weighted by atomic mass is 16.4. The lowest BCUT2D eigenvalue weighted by Crippen LogP contribution is -2.50. The Bertz CT molecular complexity index is 395. The molecular weight excluding hydrogens is 244 g/mol. The van der Waals surface area contributed by atoms with E-state index in [4.69, 9.17) is 5.11 Å². The van der Waals surface area contributed by atoms with Crippen molar-refractivity contribution in [3.63, 3.8) is 0 Å². The quantitative estimate of drug-likeness (QED) is 0.539. The number of rotatable bonds is 4. The van der Waals surface area contributed by atoms with Gasteiger partial charge in [-0.3, -0.25) is 0 Å². The van der Waals surface area contributed by atoms with Crippen LogP contribution in [-0.4, -0.2) is 33.5 Å². The number of allylic oxidation sites excluding steroid dienone is 2. The van der Waals surface area contributed by atoms with Crippen LogP contribution in [0.15, 0.2) is 23.8 Å². The van der Waals surface area contributed by atoms with E-state index in [-0.39, 0.29) is 17.9 Å². The summed E-state index contributed by atoms with van der Waals surface area (Å²) in [5, 5.41) is 28.7. The Morgan fingerprint density at radius 3 is 2.53 bits per heavy atom. The molecule has 4 nitrogen and oxygen atoms in total. The van der Waals surface area contributed by atoms with Gasteiger partial charge in [-0.2, -0.15) is 0 Å². The summed E-state index contributed by atoms with van der Waals surface area (Å²) in [6.45, 7) is 5.57. The third kappa shape index (κ3) is 3.91. The van der Waals surface area contributed by atoms with Gasteiger partial charge in [0.2, 0.25) is 0 Å². The predicted octanol–water partition coefficient (Wildman–Crippen LogP) is 2.12. The molecule has 0 radical (unpaired) electrons. The van der Waals surface area contributed by atoms with Gasteiger partial charge in [-0.25, -0.2) is 4.79 Å². The summed E-state index contributed by atoms with van der Waals surface area (Å²) in [6, 6.07) is 0. The fraction of sp³-hybridized carbons (Fsp3) is 0.667. The molecule has 1 aliphatic rings. The van der Waals surface area contributed by atoms with Crippen molar-refractivity contribution in [2.45, 2.75) is 45.6 Å². The highest BCUT2D eigenvalue weighted by Gasteiger charge is 2.46. The number of hydrogen-bond acceptors (Lipinski definition) is 3. The molecule has 1 saturated carbocycles. The molecule has 0 amide bonds. The molecule has 1 fully saturated rings. The Morgan fingerprint density at radius 2 is 2.00 bits per heavy atom. The van der Waals surface area contributed by atoms with Crippen molar-refractivity contribution in [2.75, 3.05) is 6.61 Å². The molecule has 3 N–H and O–H groups in total. The summed E-state index contributed by atoms with van der Waals surface area (Å²) >= 11 is 0. The molecule has 0 aromatic carbocycles. The Balaban J connectivity index is 2.98. The maximum Gasteiger partial charge on any atom is 0.328 e. The molecule has 0 bridgehead atoms. The van der Waals surface area contributed by atoms with Crippen LogP contribution < -0.4 is 0 Å². The molecule has 1 rings (SSSR count). The van der Waals surface area contributed by atoms with Crippen LogP contribution in [0.4, 0.5) is 0 Å². The van der Waals surface area contributed by atoms with Crippen LogP contribution in [0.2, 0.25) is 0 Å². The zero-order valence-corrected chi connectivity index (χ0v) is 11.9. The van der Waals surface area contributed by atoms with E-state index in [9.17, 15) is 15.0 Å². The van der Waals surface area contributed by atoms with Crippen molar-refractivity contribution in [3.05, 3.63) is 23.8 Å². The van der Waals surface area contributed by atoms with Crippen LogP contribution in [0.1, 0.15) is 40.0 Å². The first-order chi connectivity index (χ1) is 8.71. The summed E-state index contributed by atoms with van der Waals surface area (Å²) < 4.78 is 0. The van der Waals surface area contributed by atoms with Gasteiger partial charge in [0, 0.05) is 12.0 Å². The first-order valence-electron chi connectivity index (χ1n) is 6.64. The minimum Gasteiger partial charge on any atom is -0.478 e. The van der Waals surface area contributed by atoms with Gasteiger partial charge in [-0.15, -0.1) is 0 Å². The first-order valence-corrected chi connectivity index (χ1v) is 6.64. The van der Waals surface area contributed by atoms with Crippen LogP contribution in [0.25, 0.3) is 0 Å². The van der Waals surface area contributed by atoms with Gasteiger partial charge in [0.15, 0.2) is 0 Å². The van der Waals surface area contributed by atoms with Gasteiger partial charge in [0.05, 0.1) is 12.2 Å². The molecule has 2 atom stereocenters. The summed E-state index contributed by atoms with van der Waals surface area (Å²) in [4.78, 5) is 10.6. The minimum absolute atomic E-state index is 0.115. The average molecular weight is 268 g/mol. The van der Waals surface area contributed by atoms with Gasteiger partial charge in [0.25, 0.3) is 0 Å². The summed E-state index contributed by atoms with van der Waals surface area (Å²) in [5.41, 5.74) is -0.605.